The summed E-state index contributed by atoms with van der Waals surface area (Å²) in [4.78, 5) is 2.37. The molecule has 0 saturated carbocycles. The van der Waals surface area contributed by atoms with Gasteiger partial charge in [0.2, 0.25) is 11.8 Å². The lowest BCUT2D eigenvalue weighted by molar-refractivity contribution is 0.147. The highest BCUT2D eigenvalue weighted by molar-refractivity contribution is 5.51. The van der Waals surface area contributed by atoms with Crippen LogP contribution in [0.5, 0.6) is 0 Å². The number of rotatable bonds is 3. The van der Waals surface area contributed by atoms with Crippen LogP contribution in [0.1, 0.15) is 24.6 Å². The SMILES string of the molecule is CC1c2cccn2CCN1Cc1nnc(-c2ccccc2)o1. The molecule has 3 aromatic rings. The molecule has 4 rings (SSSR count). The molecular weight excluding hydrogens is 276 g/mol. The topological polar surface area (TPSA) is 47.1 Å². The third-order valence-electron chi connectivity index (χ3n) is 4.29. The maximum atomic E-state index is 5.82. The molecule has 1 unspecified atom stereocenters. The quantitative estimate of drug-likeness (QED) is 0.744. The van der Waals surface area contributed by atoms with Gasteiger partial charge in [-0.1, -0.05) is 18.2 Å². The summed E-state index contributed by atoms with van der Waals surface area (Å²) in [7, 11) is 0. The van der Waals surface area contributed by atoms with Gasteiger partial charge in [-0.05, 0) is 31.2 Å². The predicted molar refractivity (Wildman–Crippen MR) is 83.0 cm³/mol. The molecule has 0 spiro atoms. The summed E-state index contributed by atoms with van der Waals surface area (Å²) < 4.78 is 8.13. The number of hydrogen-bond donors (Lipinski definition) is 0. The van der Waals surface area contributed by atoms with Gasteiger partial charge < -0.3 is 8.98 Å². The summed E-state index contributed by atoms with van der Waals surface area (Å²) in [5, 5.41) is 8.36. The number of nitrogens with zero attached hydrogens (tertiary/aromatic N) is 4. The lowest BCUT2D eigenvalue weighted by atomic mass is 10.1. The molecule has 0 amide bonds. The summed E-state index contributed by atoms with van der Waals surface area (Å²) in [6, 6.07) is 14.5. The van der Waals surface area contributed by atoms with Crippen molar-refractivity contribution in [3.63, 3.8) is 0 Å². The normalized spacial score (nSPS) is 18.3. The van der Waals surface area contributed by atoms with Crippen molar-refractivity contribution in [1.82, 2.24) is 19.7 Å². The van der Waals surface area contributed by atoms with Crippen LogP contribution in [0.3, 0.4) is 0 Å². The van der Waals surface area contributed by atoms with Crippen LogP contribution in [-0.2, 0) is 13.1 Å². The van der Waals surface area contributed by atoms with Gasteiger partial charge in [-0.2, -0.15) is 0 Å². The van der Waals surface area contributed by atoms with E-state index in [1.54, 1.807) is 0 Å². The fourth-order valence-electron chi connectivity index (χ4n) is 3.03. The van der Waals surface area contributed by atoms with Crippen molar-refractivity contribution in [2.24, 2.45) is 0 Å². The van der Waals surface area contributed by atoms with Gasteiger partial charge in [0.25, 0.3) is 0 Å². The van der Waals surface area contributed by atoms with E-state index >= 15 is 0 Å². The minimum atomic E-state index is 0.357. The second-order valence-corrected chi connectivity index (χ2v) is 5.64. The average molecular weight is 294 g/mol. The van der Waals surface area contributed by atoms with Crippen molar-refractivity contribution < 1.29 is 4.42 Å². The zero-order valence-corrected chi connectivity index (χ0v) is 12.5. The summed E-state index contributed by atoms with van der Waals surface area (Å²) >= 11 is 0. The summed E-state index contributed by atoms with van der Waals surface area (Å²) in [6.07, 6.45) is 2.14. The Balaban J connectivity index is 1.52. The van der Waals surface area contributed by atoms with E-state index in [-0.39, 0.29) is 0 Å². The van der Waals surface area contributed by atoms with E-state index < -0.39 is 0 Å². The van der Waals surface area contributed by atoms with Crippen LogP contribution in [0.15, 0.2) is 53.1 Å². The van der Waals surface area contributed by atoms with Crippen LogP contribution in [0, 0.1) is 0 Å². The van der Waals surface area contributed by atoms with Gasteiger partial charge in [-0.25, -0.2) is 0 Å². The molecule has 2 aromatic heterocycles. The van der Waals surface area contributed by atoms with Crippen LogP contribution in [0.2, 0.25) is 0 Å². The maximum Gasteiger partial charge on any atom is 0.247 e. The fraction of sp³-hybridized carbons (Fsp3) is 0.294. The largest absolute Gasteiger partial charge is 0.419 e. The molecule has 0 fully saturated rings. The molecule has 0 aliphatic carbocycles. The molecule has 0 bridgehead atoms. The van der Waals surface area contributed by atoms with Crippen LogP contribution < -0.4 is 0 Å². The lowest BCUT2D eigenvalue weighted by Gasteiger charge is -2.33. The lowest BCUT2D eigenvalue weighted by Crippen LogP contribution is -2.35. The maximum absolute atomic E-state index is 5.82. The summed E-state index contributed by atoms with van der Waals surface area (Å²) in [5.74, 6) is 1.26. The Morgan fingerprint density at radius 2 is 1.95 bits per heavy atom. The predicted octanol–water partition coefficient (Wildman–Crippen LogP) is 3.11. The van der Waals surface area contributed by atoms with Gasteiger partial charge in [0.15, 0.2) is 0 Å². The van der Waals surface area contributed by atoms with Crippen molar-refractivity contribution in [2.75, 3.05) is 6.54 Å². The Bertz CT molecular complexity index is 762. The smallest absolute Gasteiger partial charge is 0.247 e. The van der Waals surface area contributed by atoms with Crippen LogP contribution in [0.4, 0.5) is 0 Å². The van der Waals surface area contributed by atoms with E-state index in [1.807, 2.05) is 30.3 Å². The van der Waals surface area contributed by atoms with E-state index in [1.165, 1.54) is 5.69 Å². The molecule has 5 nitrogen and oxygen atoms in total. The molecule has 5 heteroatoms. The highest BCUT2D eigenvalue weighted by Crippen LogP contribution is 2.27. The molecular formula is C17H18N4O. The Morgan fingerprint density at radius 3 is 2.82 bits per heavy atom. The van der Waals surface area contributed by atoms with Crippen molar-refractivity contribution in [1.29, 1.82) is 0 Å². The second-order valence-electron chi connectivity index (χ2n) is 5.64. The highest BCUT2D eigenvalue weighted by Gasteiger charge is 2.25. The molecule has 0 saturated heterocycles. The van der Waals surface area contributed by atoms with Gasteiger partial charge in [-0.3, -0.25) is 4.90 Å². The molecule has 22 heavy (non-hydrogen) atoms. The standard InChI is InChI=1S/C17H18N4O/c1-13-15-8-5-9-20(15)10-11-21(13)12-16-18-19-17(22-16)14-6-3-2-4-7-14/h2-9,13H,10-12H2,1H3. The molecule has 1 aliphatic rings. The summed E-state index contributed by atoms with van der Waals surface area (Å²) in [6.45, 7) is 4.91. The molecule has 112 valence electrons. The van der Waals surface area contributed by atoms with Gasteiger partial charge in [0.1, 0.15) is 0 Å². The van der Waals surface area contributed by atoms with Crippen molar-refractivity contribution >= 4 is 0 Å². The van der Waals surface area contributed by atoms with E-state index in [9.17, 15) is 0 Å². The van der Waals surface area contributed by atoms with Gasteiger partial charge in [-0.15, -0.1) is 10.2 Å². The van der Waals surface area contributed by atoms with Gasteiger partial charge in [0.05, 0.1) is 6.54 Å². The van der Waals surface area contributed by atoms with Crippen molar-refractivity contribution in [3.05, 3.63) is 60.2 Å². The molecule has 1 aliphatic heterocycles. The molecule has 0 radical (unpaired) electrons. The first kappa shape index (κ1) is 13.3. The van der Waals surface area contributed by atoms with E-state index in [0.29, 0.717) is 24.4 Å². The highest BCUT2D eigenvalue weighted by atomic mass is 16.4. The van der Waals surface area contributed by atoms with Crippen LogP contribution >= 0.6 is 0 Å². The fourth-order valence-corrected chi connectivity index (χ4v) is 3.03. The summed E-state index contributed by atoms with van der Waals surface area (Å²) in [5.41, 5.74) is 2.30. The first-order valence-electron chi connectivity index (χ1n) is 7.58. The Labute approximate surface area is 129 Å². The minimum absolute atomic E-state index is 0.357. The third-order valence-corrected chi connectivity index (χ3v) is 4.29. The Kier molecular flexibility index (Phi) is 3.27. The van der Waals surface area contributed by atoms with Crippen LogP contribution in [0.25, 0.3) is 11.5 Å². The first-order chi connectivity index (χ1) is 10.8. The molecule has 1 aromatic carbocycles. The molecule has 1 atom stereocenters. The number of aromatic nitrogens is 3. The molecule has 3 heterocycles. The number of fused-ring (bicyclic) bond motifs is 1. The minimum Gasteiger partial charge on any atom is -0.419 e. The number of hydrogen-bond acceptors (Lipinski definition) is 4. The van der Waals surface area contributed by atoms with Gasteiger partial charge >= 0.3 is 0 Å². The zero-order chi connectivity index (χ0) is 14.9. The Morgan fingerprint density at radius 1 is 1.09 bits per heavy atom. The van der Waals surface area contributed by atoms with Gasteiger partial charge in [0, 0.05) is 36.6 Å². The monoisotopic (exact) mass is 294 g/mol. The van der Waals surface area contributed by atoms with Crippen molar-refractivity contribution in [2.45, 2.75) is 26.1 Å². The van der Waals surface area contributed by atoms with E-state index in [2.05, 4.69) is 44.9 Å². The zero-order valence-electron chi connectivity index (χ0n) is 12.5. The van der Waals surface area contributed by atoms with Crippen molar-refractivity contribution in [3.8, 4) is 11.5 Å². The molecule has 0 N–H and O–H groups in total. The van der Waals surface area contributed by atoms with E-state index in [4.69, 9.17) is 4.42 Å². The first-order valence-corrected chi connectivity index (χ1v) is 7.58. The second kappa shape index (κ2) is 5.42. The number of benzene rings is 1. The average Bonchev–Trinajstić information content (AvgIpc) is 3.20. The van der Waals surface area contributed by atoms with E-state index in [0.717, 1.165) is 18.7 Å². The Hall–Kier alpha value is -2.40. The van der Waals surface area contributed by atoms with Crippen LogP contribution in [-0.4, -0.2) is 26.2 Å². The third kappa shape index (κ3) is 2.33.